The highest BCUT2D eigenvalue weighted by atomic mass is 16.3. The molecule has 1 aromatic heterocycles. The Morgan fingerprint density at radius 1 is 1.04 bits per heavy atom. The molecule has 0 spiro atoms. The van der Waals surface area contributed by atoms with E-state index >= 15 is 0 Å². The molecular formula is C21H31N3O2. The zero-order valence-electron chi connectivity index (χ0n) is 16.3. The number of hydrogen-bond donors (Lipinski definition) is 1. The maximum atomic E-state index is 13.0. The lowest BCUT2D eigenvalue weighted by Crippen LogP contribution is -2.43. The highest BCUT2D eigenvalue weighted by Crippen LogP contribution is 2.22. The Balaban J connectivity index is 2.14. The SMILES string of the molecule is CCN(C)C(C(=O)NCC(c1ccco1)N(CC)CC)c1ccccc1. The van der Waals surface area contributed by atoms with Crippen molar-refractivity contribution >= 4 is 5.91 Å². The minimum absolute atomic E-state index is 0.0178. The molecule has 0 aliphatic rings. The maximum Gasteiger partial charge on any atom is 0.242 e. The maximum absolute atomic E-state index is 13.0. The number of hydrogen-bond acceptors (Lipinski definition) is 4. The van der Waals surface area contributed by atoms with Gasteiger partial charge in [-0.1, -0.05) is 51.1 Å². The molecule has 5 heteroatoms. The van der Waals surface area contributed by atoms with Gasteiger partial charge in [-0.2, -0.15) is 0 Å². The van der Waals surface area contributed by atoms with Crippen LogP contribution in [0.3, 0.4) is 0 Å². The van der Waals surface area contributed by atoms with E-state index in [2.05, 4.69) is 35.9 Å². The summed E-state index contributed by atoms with van der Waals surface area (Å²) in [6.07, 6.45) is 1.69. The van der Waals surface area contributed by atoms with Crippen molar-refractivity contribution < 1.29 is 9.21 Å². The van der Waals surface area contributed by atoms with Crippen molar-refractivity contribution in [1.29, 1.82) is 0 Å². The fourth-order valence-electron chi connectivity index (χ4n) is 3.27. The molecule has 1 N–H and O–H groups in total. The molecule has 2 aromatic rings. The van der Waals surface area contributed by atoms with Crippen molar-refractivity contribution in [2.45, 2.75) is 32.9 Å². The summed E-state index contributed by atoms with van der Waals surface area (Å²) < 4.78 is 5.62. The van der Waals surface area contributed by atoms with Crippen molar-refractivity contribution in [2.24, 2.45) is 0 Å². The molecule has 1 amide bonds. The third-order valence-corrected chi connectivity index (χ3v) is 4.90. The second-order valence-electron chi connectivity index (χ2n) is 6.38. The molecule has 0 saturated carbocycles. The van der Waals surface area contributed by atoms with Gasteiger partial charge < -0.3 is 9.73 Å². The number of likely N-dealkylation sites (N-methyl/N-ethyl adjacent to an activating group) is 2. The van der Waals surface area contributed by atoms with Crippen LogP contribution in [0, 0.1) is 0 Å². The van der Waals surface area contributed by atoms with E-state index in [1.807, 2.05) is 49.5 Å². The summed E-state index contributed by atoms with van der Waals surface area (Å²) in [5.74, 6) is 0.901. The van der Waals surface area contributed by atoms with Crippen LogP contribution < -0.4 is 5.32 Å². The molecule has 1 heterocycles. The molecule has 0 aliphatic carbocycles. The minimum Gasteiger partial charge on any atom is -0.468 e. The van der Waals surface area contributed by atoms with Gasteiger partial charge in [-0.15, -0.1) is 0 Å². The Morgan fingerprint density at radius 2 is 1.73 bits per heavy atom. The van der Waals surface area contributed by atoms with Gasteiger partial charge in [-0.3, -0.25) is 14.6 Å². The van der Waals surface area contributed by atoms with Gasteiger partial charge in [0.1, 0.15) is 11.8 Å². The Bertz CT molecular complexity index is 639. The number of nitrogens with zero attached hydrogens (tertiary/aromatic N) is 2. The first-order valence-electron chi connectivity index (χ1n) is 9.42. The molecule has 0 radical (unpaired) electrons. The van der Waals surface area contributed by atoms with Crippen molar-refractivity contribution in [3.8, 4) is 0 Å². The molecular weight excluding hydrogens is 326 g/mol. The first-order chi connectivity index (χ1) is 12.6. The molecule has 2 atom stereocenters. The Labute approximate surface area is 157 Å². The average molecular weight is 357 g/mol. The summed E-state index contributed by atoms with van der Waals surface area (Å²) in [4.78, 5) is 17.4. The van der Waals surface area contributed by atoms with Gasteiger partial charge in [0.2, 0.25) is 5.91 Å². The van der Waals surface area contributed by atoms with Crippen LogP contribution in [-0.4, -0.2) is 48.9 Å². The summed E-state index contributed by atoms with van der Waals surface area (Å²) in [5.41, 5.74) is 1.01. The predicted molar refractivity (Wildman–Crippen MR) is 105 cm³/mol. The number of benzene rings is 1. The molecule has 142 valence electrons. The van der Waals surface area contributed by atoms with E-state index in [9.17, 15) is 4.79 Å². The summed E-state index contributed by atoms with van der Waals surface area (Å²) in [6, 6.07) is 13.5. The zero-order valence-corrected chi connectivity index (χ0v) is 16.3. The van der Waals surface area contributed by atoms with Gasteiger partial charge >= 0.3 is 0 Å². The molecule has 2 rings (SSSR count). The normalized spacial score (nSPS) is 13.8. The van der Waals surface area contributed by atoms with Crippen LogP contribution in [-0.2, 0) is 4.79 Å². The highest BCUT2D eigenvalue weighted by molar-refractivity contribution is 5.83. The standard InChI is InChI=1S/C21H31N3O2/c1-5-23(4)20(17-12-9-8-10-13-17)21(25)22-16-18(24(6-2)7-3)19-14-11-15-26-19/h8-15,18,20H,5-7,16H2,1-4H3,(H,22,25). The Hall–Kier alpha value is -2.11. The third-order valence-electron chi connectivity index (χ3n) is 4.90. The van der Waals surface area contributed by atoms with E-state index < -0.39 is 0 Å². The molecule has 26 heavy (non-hydrogen) atoms. The van der Waals surface area contributed by atoms with Gasteiger partial charge in [0.25, 0.3) is 0 Å². The Morgan fingerprint density at radius 3 is 2.27 bits per heavy atom. The van der Waals surface area contributed by atoms with Crippen LogP contribution in [0.2, 0.25) is 0 Å². The Kier molecular flexibility index (Phi) is 7.88. The number of furan rings is 1. The van der Waals surface area contributed by atoms with Gasteiger partial charge in [-0.05, 0) is 44.4 Å². The van der Waals surface area contributed by atoms with Gasteiger partial charge in [0.05, 0.1) is 12.3 Å². The summed E-state index contributed by atoms with van der Waals surface area (Å²) in [5, 5.41) is 3.15. The van der Waals surface area contributed by atoms with Crippen LogP contribution in [0.15, 0.2) is 53.1 Å². The summed E-state index contributed by atoms with van der Waals surface area (Å²) in [6.45, 7) is 9.42. The second-order valence-corrected chi connectivity index (χ2v) is 6.38. The lowest BCUT2D eigenvalue weighted by molar-refractivity contribution is -0.126. The first kappa shape index (κ1) is 20.2. The van der Waals surface area contributed by atoms with Crippen LogP contribution >= 0.6 is 0 Å². The van der Waals surface area contributed by atoms with Crippen LogP contribution in [0.1, 0.15) is 44.2 Å². The highest BCUT2D eigenvalue weighted by Gasteiger charge is 2.27. The number of nitrogens with one attached hydrogen (secondary N) is 1. The minimum atomic E-state index is -0.296. The lowest BCUT2D eigenvalue weighted by Gasteiger charge is -2.30. The molecule has 0 fully saturated rings. The smallest absolute Gasteiger partial charge is 0.242 e. The molecule has 5 nitrogen and oxygen atoms in total. The van der Waals surface area contributed by atoms with Crippen LogP contribution in [0.4, 0.5) is 0 Å². The fourth-order valence-corrected chi connectivity index (χ4v) is 3.27. The van der Waals surface area contributed by atoms with E-state index in [0.717, 1.165) is 31.0 Å². The van der Waals surface area contributed by atoms with Crippen LogP contribution in [0.5, 0.6) is 0 Å². The van der Waals surface area contributed by atoms with E-state index in [-0.39, 0.29) is 18.0 Å². The molecule has 0 aliphatic heterocycles. The fraction of sp³-hybridized carbons (Fsp3) is 0.476. The van der Waals surface area contributed by atoms with E-state index in [1.165, 1.54) is 0 Å². The van der Waals surface area contributed by atoms with Crippen molar-refractivity contribution in [3.63, 3.8) is 0 Å². The lowest BCUT2D eigenvalue weighted by atomic mass is 10.0. The van der Waals surface area contributed by atoms with E-state index in [4.69, 9.17) is 4.42 Å². The molecule has 0 bridgehead atoms. The zero-order chi connectivity index (χ0) is 18.9. The predicted octanol–water partition coefficient (Wildman–Crippen LogP) is 3.47. The largest absolute Gasteiger partial charge is 0.468 e. The summed E-state index contributed by atoms with van der Waals surface area (Å²) >= 11 is 0. The van der Waals surface area contributed by atoms with Gasteiger partial charge in [-0.25, -0.2) is 0 Å². The van der Waals surface area contributed by atoms with Gasteiger partial charge in [0, 0.05) is 6.54 Å². The number of amides is 1. The van der Waals surface area contributed by atoms with Gasteiger partial charge in [0.15, 0.2) is 0 Å². The quantitative estimate of drug-likeness (QED) is 0.707. The molecule has 2 unspecified atom stereocenters. The first-order valence-corrected chi connectivity index (χ1v) is 9.42. The van der Waals surface area contributed by atoms with E-state index in [1.54, 1.807) is 6.26 Å². The molecule has 1 aromatic carbocycles. The van der Waals surface area contributed by atoms with Crippen molar-refractivity contribution in [1.82, 2.24) is 15.1 Å². The number of carbonyl (C=O) groups is 1. The van der Waals surface area contributed by atoms with Crippen molar-refractivity contribution in [3.05, 3.63) is 60.1 Å². The summed E-state index contributed by atoms with van der Waals surface area (Å²) in [7, 11) is 1.98. The third kappa shape index (κ3) is 4.96. The monoisotopic (exact) mass is 357 g/mol. The molecule has 0 saturated heterocycles. The second kappa shape index (κ2) is 10.1. The van der Waals surface area contributed by atoms with Crippen molar-refractivity contribution in [2.75, 3.05) is 33.2 Å². The average Bonchev–Trinajstić information content (AvgIpc) is 3.20. The topological polar surface area (TPSA) is 48.7 Å². The van der Waals surface area contributed by atoms with Crippen LogP contribution in [0.25, 0.3) is 0 Å². The number of carbonyl (C=O) groups excluding carboxylic acids is 1. The number of rotatable bonds is 10. The van der Waals surface area contributed by atoms with E-state index in [0.29, 0.717) is 6.54 Å².